The number of benzene rings is 1. The largest absolute Gasteiger partial charge is 0.444 e. The Morgan fingerprint density at radius 1 is 1.28 bits per heavy atom. The summed E-state index contributed by atoms with van der Waals surface area (Å²) in [5, 5.41) is 11.6. The highest BCUT2D eigenvalue weighted by Gasteiger charge is 2.24. The van der Waals surface area contributed by atoms with E-state index in [-0.39, 0.29) is 29.2 Å². The number of nitrogens with two attached hydrogens (primary N) is 1. The number of alkyl carbamates (subject to hydrolysis) is 1. The summed E-state index contributed by atoms with van der Waals surface area (Å²) in [6.07, 6.45) is 0.904. The van der Waals surface area contributed by atoms with Crippen molar-refractivity contribution < 1.29 is 13.9 Å². The fourth-order valence-electron chi connectivity index (χ4n) is 3.13. The predicted molar refractivity (Wildman–Crippen MR) is 106 cm³/mol. The highest BCUT2D eigenvalue weighted by Crippen LogP contribution is 2.29. The number of piperazine rings is 1. The Labute approximate surface area is 168 Å². The van der Waals surface area contributed by atoms with Gasteiger partial charge < -0.3 is 20.3 Å². The second-order valence-corrected chi connectivity index (χ2v) is 6.44. The molecule has 2 aromatic rings. The molecule has 0 unspecified atom stereocenters. The lowest BCUT2D eigenvalue weighted by atomic mass is 10.1. The zero-order chi connectivity index (χ0) is 20.8. The minimum absolute atomic E-state index is 0.0678. The molecule has 1 saturated heterocycles. The lowest BCUT2D eigenvalue weighted by Gasteiger charge is -2.37. The van der Waals surface area contributed by atoms with Gasteiger partial charge in [-0.15, -0.1) is 0 Å². The Morgan fingerprint density at radius 2 is 2.00 bits per heavy atom. The van der Waals surface area contributed by atoms with Gasteiger partial charge in [0.2, 0.25) is 0 Å². The van der Waals surface area contributed by atoms with Gasteiger partial charge in [-0.05, 0) is 18.2 Å². The smallest absolute Gasteiger partial charge is 0.413 e. The van der Waals surface area contributed by atoms with E-state index in [4.69, 9.17) is 10.5 Å². The standard InChI is InChI=1S/C20H21FN6O2/c1-14(23)25-20(28)29-13-16-6-5-15(12-22)19(18(16)21)27-10-8-26(9-11-27)17-4-2-3-7-24-17/h2-7H,1,8-11,13,23H2,(H,25,28). The lowest BCUT2D eigenvalue weighted by Crippen LogP contribution is -2.47. The summed E-state index contributed by atoms with van der Waals surface area (Å²) in [6.45, 7) is 5.38. The van der Waals surface area contributed by atoms with Crippen molar-refractivity contribution >= 4 is 17.6 Å². The first-order chi connectivity index (χ1) is 14.0. The van der Waals surface area contributed by atoms with Crippen molar-refractivity contribution in [3.05, 3.63) is 65.9 Å². The summed E-state index contributed by atoms with van der Waals surface area (Å²) < 4.78 is 20.1. The molecule has 0 bridgehead atoms. The number of carbonyl (C=O) groups excluding carboxylic acids is 1. The Hall–Kier alpha value is -3.80. The molecule has 3 N–H and O–H groups in total. The van der Waals surface area contributed by atoms with Crippen molar-refractivity contribution in [3.8, 4) is 6.07 Å². The fourth-order valence-corrected chi connectivity index (χ4v) is 3.13. The van der Waals surface area contributed by atoms with Crippen LogP contribution in [0.5, 0.6) is 0 Å². The van der Waals surface area contributed by atoms with Gasteiger partial charge in [0.25, 0.3) is 0 Å². The molecule has 1 aliphatic heterocycles. The van der Waals surface area contributed by atoms with Gasteiger partial charge in [0.05, 0.1) is 17.1 Å². The molecule has 0 saturated carbocycles. The Morgan fingerprint density at radius 3 is 2.62 bits per heavy atom. The summed E-state index contributed by atoms with van der Waals surface area (Å²) >= 11 is 0. The van der Waals surface area contributed by atoms with Crippen LogP contribution in [0.25, 0.3) is 0 Å². The average molecular weight is 396 g/mol. The number of halogens is 1. The number of hydrogen-bond donors (Lipinski definition) is 2. The third-order valence-electron chi connectivity index (χ3n) is 4.51. The number of aromatic nitrogens is 1. The normalized spacial score (nSPS) is 13.5. The van der Waals surface area contributed by atoms with Crippen LogP contribution in [0.15, 0.2) is 48.9 Å². The van der Waals surface area contributed by atoms with Crippen LogP contribution in [0.1, 0.15) is 11.1 Å². The van der Waals surface area contributed by atoms with Gasteiger partial charge in [-0.1, -0.05) is 18.7 Å². The van der Waals surface area contributed by atoms with Crippen molar-refractivity contribution in [2.45, 2.75) is 6.61 Å². The number of nitrogens with one attached hydrogen (secondary N) is 1. The zero-order valence-corrected chi connectivity index (χ0v) is 15.8. The van der Waals surface area contributed by atoms with E-state index in [9.17, 15) is 10.1 Å². The van der Waals surface area contributed by atoms with Crippen LogP contribution < -0.4 is 20.9 Å². The van der Waals surface area contributed by atoms with Crippen molar-refractivity contribution in [2.24, 2.45) is 5.73 Å². The minimum atomic E-state index is -0.827. The van der Waals surface area contributed by atoms with Crippen LogP contribution >= 0.6 is 0 Å². The fraction of sp³-hybridized carbons (Fsp3) is 0.250. The molecule has 1 amide bonds. The van der Waals surface area contributed by atoms with Crippen molar-refractivity contribution in [1.29, 1.82) is 5.26 Å². The van der Waals surface area contributed by atoms with Crippen LogP contribution in [-0.4, -0.2) is 37.3 Å². The van der Waals surface area contributed by atoms with E-state index in [2.05, 4.69) is 21.8 Å². The Bertz CT molecular complexity index is 936. The molecular formula is C20H21FN6O2. The van der Waals surface area contributed by atoms with E-state index in [1.165, 1.54) is 12.1 Å². The first kappa shape index (κ1) is 19.9. The van der Waals surface area contributed by atoms with Gasteiger partial charge in [0, 0.05) is 37.9 Å². The van der Waals surface area contributed by atoms with Crippen LogP contribution in [0.2, 0.25) is 0 Å². The molecule has 1 fully saturated rings. The molecule has 3 rings (SSSR count). The molecule has 1 aromatic carbocycles. The van der Waals surface area contributed by atoms with Gasteiger partial charge in [0.15, 0.2) is 5.82 Å². The minimum Gasteiger partial charge on any atom is -0.444 e. The SMILES string of the molecule is C=C(N)NC(=O)OCc1ccc(C#N)c(N2CCN(c3ccccn3)CC2)c1F. The molecule has 1 aromatic heterocycles. The van der Waals surface area contributed by atoms with Crippen LogP contribution in [0, 0.1) is 17.1 Å². The van der Waals surface area contributed by atoms with Gasteiger partial charge >= 0.3 is 6.09 Å². The maximum absolute atomic E-state index is 15.2. The lowest BCUT2D eigenvalue weighted by molar-refractivity contribution is 0.141. The third-order valence-corrected chi connectivity index (χ3v) is 4.51. The molecule has 150 valence electrons. The third kappa shape index (κ3) is 4.73. The Kier molecular flexibility index (Phi) is 6.14. The topological polar surface area (TPSA) is 108 Å². The highest BCUT2D eigenvalue weighted by molar-refractivity contribution is 5.69. The molecular weight excluding hydrogens is 375 g/mol. The quantitative estimate of drug-likeness (QED) is 0.797. The molecule has 8 nitrogen and oxygen atoms in total. The monoisotopic (exact) mass is 396 g/mol. The molecule has 29 heavy (non-hydrogen) atoms. The van der Waals surface area contributed by atoms with E-state index in [1.807, 2.05) is 29.2 Å². The highest BCUT2D eigenvalue weighted by atomic mass is 19.1. The van der Waals surface area contributed by atoms with E-state index in [0.717, 1.165) is 5.82 Å². The van der Waals surface area contributed by atoms with Gasteiger partial charge in [0.1, 0.15) is 18.5 Å². The number of anilines is 2. The molecule has 0 aliphatic carbocycles. The van der Waals surface area contributed by atoms with Crippen LogP contribution in [0.3, 0.4) is 0 Å². The maximum atomic E-state index is 15.2. The predicted octanol–water partition coefficient (Wildman–Crippen LogP) is 2.08. The van der Waals surface area contributed by atoms with Crippen molar-refractivity contribution in [2.75, 3.05) is 36.0 Å². The van der Waals surface area contributed by atoms with E-state index < -0.39 is 11.9 Å². The van der Waals surface area contributed by atoms with Gasteiger partial charge in [-0.3, -0.25) is 5.32 Å². The summed E-state index contributed by atoms with van der Waals surface area (Å²) in [7, 11) is 0. The Balaban J connectivity index is 1.74. The van der Waals surface area contributed by atoms with E-state index >= 15 is 4.39 Å². The zero-order valence-electron chi connectivity index (χ0n) is 15.8. The number of rotatable bonds is 5. The number of nitriles is 1. The second-order valence-electron chi connectivity index (χ2n) is 6.44. The summed E-state index contributed by atoms with van der Waals surface area (Å²) in [6, 6.07) is 10.7. The maximum Gasteiger partial charge on any atom is 0.413 e. The van der Waals surface area contributed by atoms with Gasteiger partial charge in [-0.2, -0.15) is 5.26 Å². The van der Waals surface area contributed by atoms with E-state index in [1.54, 1.807) is 6.20 Å². The van der Waals surface area contributed by atoms with Gasteiger partial charge in [-0.25, -0.2) is 14.2 Å². The number of ether oxygens (including phenoxy) is 1. The summed E-state index contributed by atoms with van der Waals surface area (Å²) in [5.74, 6) is 0.222. The number of hydrogen-bond acceptors (Lipinski definition) is 7. The van der Waals surface area contributed by atoms with Crippen molar-refractivity contribution in [3.63, 3.8) is 0 Å². The molecule has 1 aliphatic rings. The number of pyridine rings is 1. The molecule has 0 atom stereocenters. The molecule has 9 heteroatoms. The van der Waals surface area contributed by atoms with E-state index in [0.29, 0.717) is 26.2 Å². The summed E-state index contributed by atoms with van der Waals surface area (Å²) in [4.78, 5) is 19.8. The average Bonchev–Trinajstić information content (AvgIpc) is 2.73. The number of nitrogens with zero attached hydrogens (tertiary/aromatic N) is 4. The second kappa shape index (κ2) is 8.93. The molecule has 0 radical (unpaired) electrons. The molecule has 0 spiro atoms. The molecule has 2 heterocycles. The summed E-state index contributed by atoms with van der Waals surface area (Å²) in [5.41, 5.74) is 5.90. The first-order valence-corrected chi connectivity index (χ1v) is 9.00. The number of carbonyl (C=O) groups is 1. The van der Waals surface area contributed by atoms with Crippen LogP contribution in [-0.2, 0) is 11.3 Å². The first-order valence-electron chi connectivity index (χ1n) is 9.00. The number of amides is 1. The van der Waals surface area contributed by atoms with Crippen molar-refractivity contribution in [1.82, 2.24) is 10.3 Å². The van der Waals surface area contributed by atoms with Crippen LogP contribution in [0.4, 0.5) is 20.7 Å².